The molecule has 0 aliphatic carbocycles. The Kier molecular flexibility index (Phi) is 5.11. The standard InChI is InChI=1S/C13H17N3O3S/c1-2-5-14-13-15-10(9-20-13)12(18)19-8-11(17)16-6-3-4-7-16/h2,9H,1,3-8H2,(H,14,15). The lowest BCUT2D eigenvalue weighted by Gasteiger charge is -2.14. The second kappa shape index (κ2) is 7.04. The van der Waals surface area contributed by atoms with Crippen LogP contribution in [-0.2, 0) is 9.53 Å². The third-order valence-corrected chi connectivity index (χ3v) is 3.70. The van der Waals surface area contributed by atoms with E-state index in [4.69, 9.17) is 4.74 Å². The lowest BCUT2D eigenvalue weighted by molar-refractivity contribution is -0.133. The molecule has 1 aromatic heterocycles. The predicted molar refractivity (Wildman–Crippen MR) is 76.9 cm³/mol. The summed E-state index contributed by atoms with van der Waals surface area (Å²) in [6.07, 6.45) is 3.74. The normalized spacial score (nSPS) is 14.1. The van der Waals surface area contributed by atoms with Crippen molar-refractivity contribution in [2.45, 2.75) is 12.8 Å². The summed E-state index contributed by atoms with van der Waals surface area (Å²) in [5, 5.41) is 5.22. The number of nitrogens with zero attached hydrogens (tertiary/aromatic N) is 2. The van der Waals surface area contributed by atoms with Gasteiger partial charge in [0.2, 0.25) is 0 Å². The van der Waals surface area contributed by atoms with E-state index in [2.05, 4.69) is 16.9 Å². The molecule has 2 rings (SSSR count). The summed E-state index contributed by atoms with van der Waals surface area (Å²) in [5.74, 6) is -0.712. The third-order valence-electron chi connectivity index (χ3n) is 2.90. The maximum Gasteiger partial charge on any atom is 0.358 e. The van der Waals surface area contributed by atoms with E-state index < -0.39 is 5.97 Å². The Morgan fingerprint density at radius 1 is 1.50 bits per heavy atom. The molecule has 0 aromatic carbocycles. The summed E-state index contributed by atoms with van der Waals surface area (Å²) in [7, 11) is 0. The topological polar surface area (TPSA) is 71.5 Å². The van der Waals surface area contributed by atoms with Crippen molar-refractivity contribution in [1.82, 2.24) is 9.88 Å². The van der Waals surface area contributed by atoms with Crippen LogP contribution in [0.2, 0.25) is 0 Å². The SMILES string of the molecule is C=CCNc1nc(C(=O)OCC(=O)N2CCCC2)cs1. The highest BCUT2D eigenvalue weighted by Gasteiger charge is 2.20. The second-order valence-corrected chi connectivity index (χ2v) is 5.23. The zero-order chi connectivity index (χ0) is 14.4. The average molecular weight is 295 g/mol. The van der Waals surface area contributed by atoms with E-state index in [0.717, 1.165) is 25.9 Å². The van der Waals surface area contributed by atoms with Crippen molar-refractivity contribution in [2.75, 3.05) is 31.6 Å². The molecule has 1 aromatic rings. The summed E-state index contributed by atoms with van der Waals surface area (Å²) in [4.78, 5) is 29.3. The lowest BCUT2D eigenvalue weighted by Crippen LogP contribution is -2.32. The van der Waals surface area contributed by atoms with Crippen LogP contribution in [0.4, 0.5) is 5.13 Å². The van der Waals surface area contributed by atoms with Gasteiger partial charge in [-0.3, -0.25) is 4.79 Å². The fraction of sp³-hybridized carbons (Fsp3) is 0.462. The van der Waals surface area contributed by atoms with Gasteiger partial charge in [0, 0.05) is 25.0 Å². The number of aromatic nitrogens is 1. The van der Waals surface area contributed by atoms with E-state index in [-0.39, 0.29) is 18.2 Å². The van der Waals surface area contributed by atoms with E-state index in [1.54, 1.807) is 16.4 Å². The molecule has 2 heterocycles. The minimum atomic E-state index is -0.569. The van der Waals surface area contributed by atoms with Crippen molar-refractivity contribution in [3.63, 3.8) is 0 Å². The molecule has 0 unspecified atom stereocenters. The Morgan fingerprint density at radius 2 is 2.25 bits per heavy atom. The number of esters is 1. The summed E-state index contributed by atoms with van der Waals surface area (Å²) in [5.41, 5.74) is 0.218. The molecule has 0 saturated carbocycles. The van der Waals surface area contributed by atoms with Gasteiger partial charge in [-0.2, -0.15) is 0 Å². The molecule has 0 spiro atoms. The number of rotatable bonds is 6. The van der Waals surface area contributed by atoms with Gasteiger partial charge in [-0.05, 0) is 12.8 Å². The second-order valence-electron chi connectivity index (χ2n) is 4.37. The van der Waals surface area contributed by atoms with Crippen LogP contribution in [0, 0.1) is 0 Å². The summed E-state index contributed by atoms with van der Waals surface area (Å²) in [6, 6.07) is 0. The molecule has 1 aliphatic rings. The highest BCUT2D eigenvalue weighted by atomic mass is 32.1. The smallest absolute Gasteiger partial charge is 0.358 e. The fourth-order valence-corrected chi connectivity index (χ4v) is 2.56. The molecule has 20 heavy (non-hydrogen) atoms. The maximum atomic E-state index is 11.8. The first-order valence-corrected chi connectivity index (χ1v) is 7.34. The van der Waals surface area contributed by atoms with Gasteiger partial charge in [0.05, 0.1) is 0 Å². The van der Waals surface area contributed by atoms with Crippen molar-refractivity contribution >= 4 is 28.3 Å². The number of nitrogens with one attached hydrogen (secondary N) is 1. The number of carbonyl (C=O) groups excluding carboxylic acids is 2. The van der Waals surface area contributed by atoms with Crippen LogP contribution < -0.4 is 5.32 Å². The van der Waals surface area contributed by atoms with Gasteiger partial charge >= 0.3 is 5.97 Å². The molecule has 1 amide bonds. The quantitative estimate of drug-likeness (QED) is 0.636. The van der Waals surface area contributed by atoms with Gasteiger partial charge in [-0.25, -0.2) is 9.78 Å². The maximum absolute atomic E-state index is 11.8. The highest BCUT2D eigenvalue weighted by Crippen LogP contribution is 2.16. The van der Waals surface area contributed by atoms with Gasteiger partial charge in [0.15, 0.2) is 17.4 Å². The molecule has 7 heteroatoms. The molecule has 6 nitrogen and oxygen atoms in total. The Bertz CT molecular complexity index is 495. The van der Waals surface area contributed by atoms with E-state index in [1.807, 2.05) is 0 Å². The predicted octanol–water partition coefficient (Wildman–Crippen LogP) is 1.52. The van der Waals surface area contributed by atoms with Gasteiger partial charge in [0.1, 0.15) is 0 Å². The van der Waals surface area contributed by atoms with E-state index >= 15 is 0 Å². The van der Waals surface area contributed by atoms with Crippen LogP contribution in [-0.4, -0.2) is 48.0 Å². The first-order valence-electron chi connectivity index (χ1n) is 6.46. The Hall–Kier alpha value is -1.89. The van der Waals surface area contributed by atoms with E-state index in [0.29, 0.717) is 11.7 Å². The van der Waals surface area contributed by atoms with Crippen molar-refractivity contribution in [2.24, 2.45) is 0 Å². The van der Waals surface area contributed by atoms with E-state index in [1.165, 1.54) is 11.3 Å². The molecule has 1 aliphatic heterocycles. The Morgan fingerprint density at radius 3 is 2.95 bits per heavy atom. The van der Waals surface area contributed by atoms with Gasteiger partial charge in [-0.15, -0.1) is 17.9 Å². The molecule has 0 atom stereocenters. The number of ether oxygens (including phenoxy) is 1. The molecule has 1 N–H and O–H groups in total. The lowest BCUT2D eigenvalue weighted by atomic mass is 10.4. The zero-order valence-corrected chi connectivity index (χ0v) is 11.9. The van der Waals surface area contributed by atoms with Crippen LogP contribution in [0.1, 0.15) is 23.3 Å². The number of hydrogen-bond donors (Lipinski definition) is 1. The van der Waals surface area contributed by atoms with Gasteiger partial charge < -0.3 is 15.0 Å². The highest BCUT2D eigenvalue weighted by molar-refractivity contribution is 7.13. The van der Waals surface area contributed by atoms with Crippen LogP contribution in [0.25, 0.3) is 0 Å². The number of carbonyl (C=O) groups is 2. The van der Waals surface area contributed by atoms with Crippen molar-refractivity contribution < 1.29 is 14.3 Å². The number of thiazole rings is 1. The molecular weight excluding hydrogens is 278 g/mol. The molecular formula is C13H17N3O3S. The number of anilines is 1. The molecule has 0 bridgehead atoms. The minimum Gasteiger partial charge on any atom is -0.451 e. The Labute approximate surface area is 121 Å². The number of amides is 1. The Balaban J connectivity index is 1.80. The molecule has 1 fully saturated rings. The first-order chi connectivity index (χ1) is 9.70. The zero-order valence-electron chi connectivity index (χ0n) is 11.1. The molecule has 108 valence electrons. The largest absolute Gasteiger partial charge is 0.451 e. The van der Waals surface area contributed by atoms with Crippen molar-refractivity contribution in [3.8, 4) is 0 Å². The number of hydrogen-bond acceptors (Lipinski definition) is 6. The summed E-state index contributed by atoms with van der Waals surface area (Å²) in [6.45, 7) is 5.45. The molecule has 1 saturated heterocycles. The van der Waals surface area contributed by atoms with Crippen LogP contribution >= 0.6 is 11.3 Å². The van der Waals surface area contributed by atoms with Crippen molar-refractivity contribution in [1.29, 1.82) is 0 Å². The van der Waals surface area contributed by atoms with Gasteiger partial charge in [0.25, 0.3) is 5.91 Å². The fourth-order valence-electron chi connectivity index (χ4n) is 1.87. The monoisotopic (exact) mass is 295 g/mol. The third kappa shape index (κ3) is 3.80. The summed E-state index contributed by atoms with van der Waals surface area (Å²) >= 11 is 1.31. The van der Waals surface area contributed by atoms with Crippen molar-refractivity contribution in [3.05, 3.63) is 23.7 Å². The minimum absolute atomic E-state index is 0.143. The molecule has 0 radical (unpaired) electrons. The number of likely N-dealkylation sites (tertiary alicyclic amines) is 1. The van der Waals surface area contributed by atoms with Crippen LogP contribution in [0.15, 0.2) is 18.0 Å². The average Bonchev–Trinajstić information content (AvgIpc) is 3.12. The van der Waals surface area contributed by atoms with E-state index in [9.17, 15) is 9.59 Å². The van der Waals surface area contributed by atoms with Gasteiger partial charge in [-0.1, -0.05) is 6.08 Å². The first kappa shape index (κ1) is 14.5. The van der Waals surface area contributed by atoms with Crippen LogP contribution in [0.5, 0.6) is 0 Å². The summed E-state index contributed by atoms with van der Waals surface area (Å²) < 4.78 is 4.99. The van der Waals surface area contributed by atoms with Crippen LogP contribution in [0.3, 0.4) is 0 Å².